The molecule has 1 aromatic rings. The zero-order valence-electron chi connectivity index (χ0n) is 11.5. The Labute approximate surface area is 149 Å². The van der Waals surface area contributed by atoms with Crippen LogP contribution in [0.1, 0.15) is 5.56 Å². The lowest BCUT2D eigenvalue weighted by Gasteiger charge is -2.14. The second kappa shape index (κ2) is 6.92. The number of rotatable bonds is 3. The maximum Gasteiger partial charge on any atom is 0.503 e. The molecule has 0 heterocycles. The standard InChI is InChI=1S/C10H4F9IO4S2/c11-8(12,13)5-1-3-6(4-2-5)20-7(25(21,22)9(14,15)16)26(23,24)10(17,18)19/h1-4H. The highest BCUT2D eigenvalue weighted by atomic mass is 127. The van der Waals surface area contributed by atoms with Crippen LogP contribution < -0.4 is 0 Å². The highest BCUT2D eigenvalue weighted by Gasteiger charge is 2.60. The van der Waals surface area contributed by atoms with Crippen molar-refractivity contribution >= 4 is 42.6 Å². The van der Waals surface area contributed by atoms with E-state index in [4.69, 9.17) is 0 Å². The summed E-state index contributed by atoms with van der Waals surface area (Å²) in [6, 6.07) is 1.36. The Morgan fingerprint density at radius 1 is 0.692 bits per heavy atom. The van der Waals surface area contributed by atoms with Gasteiger partial charge in [-0.1, -0.05) is 20.7 Å². The van der Waals surface area contributed by atoms with Crippen molar-refractivity contribution in [1.29, 1.82) is 0 Å². The Morgan fingerprint density at radius 3 is 1.31 bits per heavy atom. The minimum Gasteiger partial charge on any atom is -0.213 e. The quantitative estimate of drug-likeness (QED) is 0.425. The predicted octanol–water partition coefficient (Wildman–Crippen LogP) is 3.80. The molecule has 0 atom stereocenters. The van der Waals surface area contributed by atoms with Gasteiger partial charge in [0.05, 0.1) is 5.56 Å². The van der Waals surface area contributed by atoms with E-state index in [1.807, 2.05) is 0 Å². The van der Waals surface area contributed by atoms with E-state index in [1.54, 1.807) is 0 Å². The Hall–Kier alpha value is -0.910. The molecule has 26 heavy (non-hydrogen) atoms. The summed E-state index contributed by atoms with van der Waals surface area (Å²) in [7, 11) is -13.8. The smallest absolute Gasteiger partial charge is 0.213 e. The van der Waals surface area contributed by atoms with E-state index in [0.29, 0.717) is 12.1 Å². The average molecular weight is 550 g/mol. The van der Waals surface area contributed by atoms with Crippen molar-refractivity contribution in [3.8, 4) is 0 Å². The molecule has 0 fully saturated rings. The van der Waals surface area contributed by atoms with E-state index in [2.05, 4.69) is 0 Å². The van der Waals surface area contributed by atoms with Crippen LogP contribution in [0.15, 0.2) is 24.3 Å². The third kappa shape index (κ3) is 4.68. The molecule has 0 radical (unpaired) electrons. The average Bonchev–Trinajstić information content (AvgIpc) is 2.41. The maximum atomic E-state index is 12.6. The van der Waals surface area contributed by atoms with Crippen molar-refractivity contribution in [2.75, 3.05) is 0 Å². The molecule has 4 nitrogen and oxygen atoms in total. The summed E-state index contributed by atoms with van der Waals surface area (Å²) in [4.78, 5) is 0. The number of sulfone groups is 2. The van der Waals surface area contributed by atoms with Gasteiger partial charge in [0.2, 0.25) is 2.17 Å². The van der Waals surface area contributed by atoms with Crippen LogP contribution in [-0.4, -0.2) is 30.0 Å². The minimum atomic E-state index is -6.88. The van der Waals surface area contributed by atoms with Gasteiger partial charge in [-0.2, -0.15) is 39.5 Å². The predicted molar refractivity (Wildman–Crippen MR) is 79.1 cm³/mol. The van der Waals surface area contributed by atoms with Crippen molar-refractivity contribution in [2.24, 2.45) is 0 Å². The van der Waals surface area contributed by atoms with E-state index in [-0.39, 0.29) is 12.1 Å². The molecule has 0 aliphatic carbocycles. The first kappa shape index (κ1) is 23.1. The molecule has 0 saturated heterocycles. The first-order valence-electron chi connectivity index (χ1n) is 5.63. The normalized spacial score (nSPS) is 14.3. The van der Waals surface area contributed by atoms with Gasteiger partial charge in [0, 0.05) is 3.57 Å². The zero-order chi connectivity index (χ0) is 20.8. The van der Waals surface area contributed by atoms with Crippen molar-refractivity contribution in [3.63, 3.8) is 0 Å². The fourth-order valence-corrected chi connectivity index (χ4v) is 9.17. The number of halogens is 10. The fourth-order valence-electron chi connectivity index (χ4n) is 1.22. The van der Waals surface area contributed by atoms with E-state index in [9.17, 15) is 56.3 Å². The second-order valence-electron chi connectivity index (χ2n) is 4.24. The van der Waals surface area contributed by atoms with Crippen LogP contribution in [-0.2, 0) is 25.9 Å². The third-order valence-corrected chi connectivity index (χ3v) is 12.1. The van der Waals surface area contributed by atoms with Gasteiger partial charge < -0.3 is 0 Å². The van der Waals surface area contributed by atoms with Gasteiger partial charge >= 0.3 is 17.2 Å². The summed E-state index contributed by atoms with van der Waals surface area (Å²) < 4.78 is 154. The molecule has 0 amide bonds. The summed E-state index contributed by atoms with van der Waals surface area (Å²) >= 11 is -3.17. The molecule has 0 saturated carbocycles. The van der Waals surface area contributed by atoms with Gasteiger partial charge in [-0.3, -0.25) is 0 Å². The van der Waals surface area contributed by atoms with Crippen molar-refractivity contribution in [3.05, 3.63) is 33.4 Å². The highest BCUT2D eigenvalue weighted by molar-refractivity contribution is 14.2. The molecule has 0 unspecified atom stereocenters. The second-order valence-corrected chi connectivity index (χ2v) is 12.6. The van der Waals surface area contributed by atoms with Crippen molar-refractivity contribution < 1.29 is 56.3 Å². The Balaban J connectivity index is 3.71. The first-order valence-corrected chi connectivity index (χ1v) is 10.8. The summed E-state index contributed by atoms with van der Waals surface area (Å²) in [5, 5.41) is 0. The van der Waals surface area contributed by atoms with E-state index in [0.717, 1.165) is 0 Å². The number of hydrogen-bond acceptors (Lipinski definition) is 4. The van der Waals surface area contributed by atoms with Crippen LogP contribution in [0, 0.1) is 3.57 Å². The topological polar surface area (TPSA) is 68.3 Å². The largest absolute Gasteiger partial charge is 0.503 e. The molecule has 0 aliphatic heterocycles. The van der Waals surface area contributed by atoms with Gasteiger partial charge in [0.1, 0.15) is 0 Å². The fraction of sp³-hybridized carbons (Fsp3) is 0.300. The SMILES string of the molecule is O=S(=O)(C(=Ic1ccc(C(F)(F)F)cc1)S(=O)(=O)C(F)(F)F)C(F)(F)F. The molecular formula is C10H4F9IO4S2. The Kier molecular flexibility index (Phi) is 6.15. The van der Waals surface area contributed by atoms with Gasteiger partial charge in [-0.15, -0.1) is 0 Å². The Morgan fingerprint density at radius 2 is 1.04 bits per heavy atom. The molecule has 16 heteroatoms. The molecule has 150 valence electrons. The molecule has 1 rings (SSSR count). The van der Waals surface area contributed by atoms with Crippen LogP contribution in [0.3, 0.4) is 0 Å². The van der Waals surface area contributed by atoms with Crippen LogP contribution >= 0.6 is 20.7 Å². The summed E-state index contributed by atoms with van der Waals surface area (Å²) in [6.45, 7) is 0. The molecule has 0 spiro atoms. The third-order valence-electron chi connectivity index (χ3n) is 2.39. The first-order chi connectivity index (χ1) is 11.3. The summed E-state index contributed by atoms with van der Waals surface area (Å²) in [6.07, 6.45) is -4.88. The number of hydrogen-bond donors (Lipinski definition) is 0. The molecule has 0 N–H and O–H groups in total. The van der Waals surface area contributed by atoms with Crippen molar-refractivity contribution in [2.45, 2.75) is 17.2 Å². The van der Waals surface area contributed by atoms with Crippen LogP contribution in [0.5, 0.6) is 0 Å². The van der Waals surface area contributed by atoms with Gasteiger partial charge in [-0.05, 0) is 24.3 Å². The van der Waals surface area contributed by atoms with E-state index in [1.165, 1.54) is 0 Å². The van der Waals surface area contributed by atoms with Crippen molar-refractivity contribution in [1.82, 2.24) is 0 Å². The lowest BCUT2D eigenvalue weighted by molar-refractivity contribution is -0.137. The lowest BCUT2D eigenvalue weighted by atomic mass is 10.2. The lowest BCUT2D eigenvalue weighted by Crippen LogP contribution is -2.40. The van der Waals surface area contributed by atoms with E-state index >= 15 is 0 Å². The number of alkyl halides is 9. The highest BCUT2D eigenvalue weighted by Crippen LogP contribution is 2.37. The van der Waals surface area contributed by atoms with Gasteiger partial charge in [0.25, 0.3) is 19.7 Å². The number of benzene rings is 1. The Bertz CT molecular complexity index is 861. The summed E-state index contributed by atoms with van der Waals surface area (Å²) in [5.41, 5.74) is -14.0. The molecule has 1 aromatic carbocycles. The maximum absolute atomic E-state index is 12.6. The molecule has 0 aromatic heterocycles. The zero-order valence-corrected chi connectivity index (χ0v) is 15.3. The molecule has 0 aliphatic rings. The van der Waals surface area contributed by atoms with E-state index < -0.39 is 68.9 Å². The van der Waals surface area contributed by atoms with Crippen LogP contribution in [0.4, 0.5) is 39.5 Å². The van der Waals surface area contributed by atoms with Crippen LogP contribution in [0.2, 0.25) is 0 Å². The molecular weight excluding hydrogens is 546 g/mol. The van der Waals surface area contributed by atoms with Gasteiger partial charge in [-0.25, -0.2) is 16.8 Å². The minimum absolute atomic E-state index is 0.271. The summed E-state index contributed by atoms with van der Waals surface area (Å²) in [5.74, 6) is 0. The molecule has 0 bridgehead atoms. The van der Waals surface area contributed by atoms with Crippen LogP contribution in [0.25, 0.3) is 0 Å². The monoisotopic (exact) mass is 550 g/mol. The van der Waals surface area contributed by atoms with Gasteiger partial charge in [0.15, 0.2) is 0 Å².